The maximum Gasteiger partial charge on any atom is 0.0947 e. The number of thiazole rings is 1. The van der Waals surface area contributed by atoms with Crippen LogP contribution in [0, 0.1) is 0 Å². The van der Waals surface area contributed by atoms with Crippen LogP contribution in [0.4, 0.5) is 0 Å². The minimum absolute atomic E-state index is 0.498. The van der Waals surface area contributed by atoms with Crippen LogP contribution in [0.3, 0.4) is 0 Å². The number of hydrogen-bond donors (Lipinski definition) is 0. The molecule has 0 unspecified atom stereocenters. The number of rotatable bonds is 6. The van der Waals surface area contributed by atoms with Gasteiger partial charge in [-0.15, -0.1) is 22.9 Å². The summed E-state index contributed by atoms with van der Waals surface area (Å²) in [6.45, 7) is 5.21. The van der Waals surface area contributed by atoms with Gasteiger partial charge in [-0.05, 0) is 18.9 Å². The van der Waals surface area contributed by atoms with Crippen molar-refractivity contribution in [1.29, 1.82) is 0 Å². The summed E-state index contributed by atoms with van der Waals surface area (Å²) in [6, 6.07) is 2.20. The molecule has 0 aliphatic rings. The van der Waals surface area contributed by atoms with E-state index in [0.29, 0.717) is 5.88 Å². The Bertz CT molecular complexity index is 504. The fourth-order valence-corrected chi connectivity index (χ4v) is 2.91. The standard InChI is InChI=1S/C13H18ClN3S/c1-3-10-7-12(4-2)17(16-10)6-5-13-15-11(8-14)9-18-13/h7,9H,3-6,8H2,1-2H3. The predicted octanol–water partition coefficient (Wildman–Crippen LogP) is 3.45. The highest BCUT2D eigenvalue weighted by atomic mass is 35.5. The number of nitrogens with zero attached hydrogens (tertiary/aromatic N) is 3. The second-order valence-corrected chi connectivity index (χ2v) is 5.38. The third-order valence-corrected chi connectivity index (χ3v) is 4.14. The Kier molecular flexibility index (Phi) is 4.78. The molecule has 2 heterocycles. The van der Waals surface area contributed by atoms with Crippen molar-refractivity contribution in [2.75, 3.05) is 0 Å². The van der Waals surface area contributed by atoms with Gasteiger partial charge in [0.25, 0.3) is 0 Å². The molecule has 0 bridgehead atoms. The Morgan fingerprint density at radius 1 is 1.28 bits per heavy atom. The summed E-state index contributed by atoms with van der Waals surface area (Å²) in [5.74, 6) is 0.498. The fourth-order valence-electron chi connectivity index (χ4n) is 1.89. The summed E-state index contributed by atoms with van der Waals surface area (Å²) in [5, 5.41) is 7.78. The Morgan fingerprint density at radius 2 is 2.11 bits per heavy atom. The van der Waals surface area contributed by atoms with Gasteiger partial charge in [0.1, 0.15) is 0 Å². The largest absolute Gasteiger partial charge is 0.269 e. The van der Waals surface area contributed by atoms with Crippen LogP contribution in [0.1, 0.15) is 35.9 Å². The minimum atomic E-state index is 0.498. The average Bonchev–Trinajstić information content (AvgIpc) is 3.02. The molecule has 0 radical (unpaired) electrons. The van der Waals surface area contributed by atoms with Crippen LogP contribution in [-0.4, -0.2) is 14.8 Å². The first-order valence-corrected chi connectivity index (χ1v) is 7.73. The number of halogens is 1. The SMILES string of the molecule is CCc1cc(CC)n(CCc2nc(CCl)cs2)n1. The fraction of sp³-hybridized carbons (Fsp3) is 0.538. The molecule has 18 heavy (non-hydrogen) atoms. The molecule has 0 spiro atoms. The third kappa shape index (κ3) is 3.12. The van der Waals surface area contributed by atoms with E-state index in [9.17, 15) is 0 Å². The van der Waals surface area contributed by atoms with E-state index in [2.05, 4.69) is 34.7 Å². The van der Waals surface area contributed by atoms with Gasteiger partial charge in [-0.1, -0.05) is 13.8 Å². The van der Waals surface area contributed by atoms with E-state index in [4.69, 9.17) is 11.6 Å². The van der Waals surface area contributed by atoms with Gasteiger partial charge in [0.2, 0.25) is 0 Å². The zero-order valence-corrected chi connectivity index (χ0v) is 12.4. The summed E-state index contributed by atoms with van der Waals surface area (Å²) < 4.78 is 2.11. The lowest BCUT2D eigenvalue weighted by molar-refractivity contribution is 0.580. The normalized spacial score (nSPS) is 11.1. The number of aryl methyl sites for hydroxylation is 4. The highest BCUT2D eigenvalue weighted by molar-refractivity contribution is 7.09. The Balaban J connectivity index is 2.02. The van der Waals surface area contributed by atoms with Gasteiger partial charge in [-0.3, -0.25) is 4.68 Å². The maximum atomic E-state index is 5.75. The lowest BCUT2D eigenvalue weighted by Crippen LogP contribution is -2.07. The van der Waals surface area contributed by atoms with E-state index in [0.717, 1.165) is 36.5 Å². The molecule has 0 fully saturated rings. The molecule has 3 nitrogen and oxygen atoms in total. The van der Waals surface area contributed by atoms with Gasteiger partial charge < -0.3 is 0 Å². The summed E-state index contributed by atoms with van der Waals surface area (Å²) >= 11 is 7.44. The third-order valence-electron chi connectivity index (χ3n) is 2.91. The van der Waals surface area contributed by atoms with Crippen LogP contribution in [0.15, 0.2) is 11.4 Å². The van der Waals surface area contributed by atoms with Crippen LogP contribution in [0.25, 0.3) is 0 Å². The topological polar surface area (TPSA) is 30.7 Å². The number of aromatic nitrogens is 3. The second-order valence-electron chi connectivity index (χ2n) is 4.17. The van der Waals surface area contributed by atoms with Crippen molar-refractivity contribution in [2.45, 2.75) is 45.5 Å². The van der Waals surface area contributed by atoms with Crippen molar-refractivity contribution < 1.29 is 0 Å². The first kappa shape index (κ1) is 13.6. The maximum absolute atomic E-state index is 5.75. The Morgan fingerprint density at radius 3 is 2.72 bits per heavy atom. The van der Waals surface area contributed by atoms with Gasteiger partial charge >= 0.3 is 0 Å². The number of alkyl halides is 1. The van der Waals surface area contributed by atoms with Gasteiger partial charge in [0.15, 0.2) is 0 Å². The van der Waals surface area contributed by atoms with Crippen molar-refractivity contribution in [3.05, 3.63) is 33.5 Å². The summed E-state index contributed by atoms with van der Waals surface area (Å²) in [5.41, 5.74) is 3.45. The van der Waals surface area contributed by atoms with Gasteiger partial charge in [0, 0.05) is 24.0 Å². The molecule has 0 N–H and O–H groups in total. The molecule has 0 saturated heterocycles. The predicted molar refractivity (Wildman–Crippen MR) is 76.4 cm³/mol. The molecule has 2 aromatic heterocycles. The Labute approximate surface area is 117 Å². The van der Waals surface area contributed by atoms with Crippen molar-refractivity contribution in [3.8, 4) is 0 Å². The van der Waals surface area contributed by atoms with E-state index in [1.54, 1.807) is 11.3 Å². The monoisotopic (exact) mass is 283 g/mol. The minimum Gasteiger partial charge on any atom is -0.269 e. The molecule has 0 aromatic carbocycles. The lowest BCUT2D eigenvalue weighted by atomic mass is 10.2. The number of hydrogen-bond acceptors (Lipinski definition) is 3. The summed E-state index contributed by atoms with van der Waals surface area (Å²) in [7, 11) is 0. The molecular formula is C13H18ClN3S. The first-order chi connectivity index (χ1) is 8.76. The molecule has 0 atom stereocenters. The summed E-state index contributed by atoms with van der Waals surface area (Å²) in [4.78, 5) is 4.47. The van der Waals surface area contributed by atoms with E-state index < -0.39 is 0 Å². The lowest BCUT2D eigenvalue weighted by Gasteiger charge is -2.03. The van der Waals surface area contributed by atoms with Gasteiger partial charge in [0.05, 0.1) is 22.3 Å². The highest BCUT2D eigenvalue weighted by Gasteiger charge is 2.07. The van der Waals surface area contributed by atoms with E-state index >= 15 is 0 Å². The molecule has 0 aliphatic heterocycles. The molecule has 0 amide bonds. The van der Waals surface area contributed by atoms with Crippen molar-refractivity contribution >= 4 is 22.9 Å². The zero-order chi connectivity index (χ0) is 13.0. The van der Waals surface area contributed by atoms with Crippen molar-refractivity contribution in [2.24, 2.45) is 0 Å². The Hall–Kier alpha value is -0.870. The molecular weight excluding hydrogens is 266 g/mol. The molecule has 2 rings (SSSR count). The average molecular weight is 284 g/mol. The molecule has 0 aliphatic carbocycles. The smallest absolute Gasteiger partial charge is 0.0947 e. The van der Waals surface area contributed by atoms with Crippen LogP contribution >= 0.6 is 22.9 Å². The van der Waals surface area contributed by atoms with Gasteiger partial charge in [-0.2, -0.15) is 5.10 Å². The second kappa shape index (κ2) is 6.34. The van der Waals surface area contributed by atoms with Crippen LogP contribution in [0.5, 0.6) is 0 Å². The van der Waals surface area contributed by atoms with Crippen LogP contribution in [-0.2, 0) is 31.7 Å². The van der Waals surface area contributed by atoms with Crippen molar-refractivity contribution in [1.82, 2.24) is 14.8 Å². The summed E-state index contributed by atoms with van der Waals surface area (Å²) in [6.07, 6.45) is 2.95. The molecule has 98 valence electrons. The molecule has 2 aromatic rings. The molecule has 0 saturated carbocycles. The van der Waals surface area contributed by atoms with Crippen LogP contribution in [0.2, 0.25) is 0 Å². The zero-order valence-electron chi connectivity index (χ0n) is 10.8. The van der Waals surface area contributed by atoms with E-state index in [1.807, 2.05) is 5.38 Å². The molecule has 5 heteroatoms. The van der Waals surface area contributed by atoms with Crippen molar-refractivity contribution in [3.63, 3.8) is 0 Å². The van der Waals surface area contributed by atoms with E-state index in [1.165, 1.54) is 11.4 Å². The van der Waals surface area contributed by atoms with Crippen LogP contribution < -0.4 is 0 Å². The quantitative estimate of drug-likeness (QED) is 0.760. The van der Waals surface area contributed by atoms with E-state index in [-0.39, 0.29) is 0 Å². The highest BCUT2D eigenvalue weighted by Crippen LogP contribution is 2.14. The first-order valence-electron chi connectivity index (χ1n) is 6.31. The van der Waals surface area contributed by atoms with Gasteiger partial charge in [-0.25, -0.2) is 4.98 Å².